The van der Waals surface area contributed by atoms with E-state index in [1.807, 2.05) is 0 Å². The molecule has 4 rings (SSSR count). The first-order chi connectivity index (χ1) is 11.2. The van der Waals surface area contributed by atoms with Gasteiger partial charge in [0.25, 0.3) is 5.91 Å². The molecule has 0 bridgehead atoms. The fraction of sp³-hybridized carbons (Fsp3) is 0.722. The van der Waals surface area contributed by atoms with Gasteiger partial charge in [0.1, 0.15) is 0 Å². The quantitative estimate of drug-likeness (QED) is 0.835. The highest BCUT2D eigenvalue weighted by Gasteiger charge is 2.41. The molecule has 4 nitrogen and oxygen atoms in total. The van der Waals surface area contributed by atoms with Gasteiger partial charge >= 0.3 is 0 Å². The monoisotopic (exact) mass is 370 g/mol. The molecular formula is C18H27ClN2O2S. The van der Waals surface area contributed by atoms with Crippen molar-refractivity contribution in [3.05, 3.63) is 21.4 Å². The van der Waals surface area contributed by atoms with Crippen molar-refractivity contribution >= 4 is 29.7 Å². The Balaban J connectivity index is 0.00000169. The Morgan fingerprint density at radius 2 is 1.96 bits per heavy atom. The first-order valence-electron chi connectivity index (χ1n) is 8.95. The van der Waals surface area contributed by atoms with Crippen molar-refractivity contribution in [2.24, 2.45) is 0 Å². The van der Waals surface area contributed by atoms with Crippen LogP contribution >= 0.6 is 23.7 Å². The Kier molecular flexibility index (Phi) is 5.85. The van der Waals surface area contributed by atoms with Crippen molar-refractivity contribution < 1.29 is 9.53 Å². The fourth-order valence-electron chi connectivity index (χ4n) is 3.68. The predicted octanol–water partition coefficient (Wildman–Crippen LogP) is 3.39. The van der Waals surface area contributed by atoms with Crippen LogP contribution in [0.15, 0.2) is 6.07 Å². The highest BCUT2D eigenvalue weighted by Crippen LogP contribution is 2.45. The van der Waals surface area contributed by atoms with Gasteiger partial charge in [-0.25, -0.2) is 0 Å². The number of rotatable bonds is 5. The van der Waals surface area contributed by atoms with Crippen molar-refractivity contribution in [2.45, 2.75) is 69.5 Å². The van der Waals surface area contributed by atoms with Crippen LogP contribution < -0.4 is 10.6 Å². The van der Waals surface area contributed by atoms with Crippen molar-refractivity contribution in [1.29, 1.82) is 0 Å². The first-order valence-corrected chi connectivity index (χ1v) is 9.77. The van der Waals surface area contributed by atoms with Gasteiger partial charge in [0, 0.05) is 42.1 Å². The molecule has 2 aliphatic carbocycles. The molecule has 6 heteroatoms. The molecule has 1 aliphatic heterocycles. The maximum absolute atomic E-state index is 12.5. The van der Waals surface area contributed by atoms with E-state index in [9.17, 15) is 4.79 Å². The van der Waals surface area contributed by atoms with Gasteiger partial charge in [-0.05, 0) is 50.7 Å². The third-order valence-electron chi connectivity index (χ3n) is 5.48. The molecule has 1 aromatic rings. The summed E-state index contributed by atoms with van der Waals surface area (Å²) in [6.07, 6.45) is 7.14. The van der Waals surface area contributed by atoms with Crippen LogP contribution in [-0.4, -0.2) is 37.2 Å². The molecule has 24 heavy (non-hydrogen) atoms. The van der Waals surface area contributed by atoms with Crippen molar-refractivity contribution in [2.75, 3.05) is 13.2 Å². The zero-order valence-electron chi connectivity index (χ0n) is 14.2. The summed E-state index contributed by atoms with van der Waals surface area (Å²) in [4.78, 5) is 14.7. The molecule has 0 radical (unpaired) electrons. The summed E-state index contributed by atoms with van der Waals surface area (Å²) >= 11 is 1.65. The molecule has 3 fully saturated rings. The molecule has 0 unspecified atom stereocenters. The standard InChI is InChI=1S/C18H26N2O2S.ClH/c1-11-14(15-9-16(15)19-12-3-2-4-12)10-17(23-11)18(21)20-13-5-7-22-8-6-13;/h10,12-13,15-16,19H,2-9H2,1H3,(H,20,21);1H/t15-,16+;/m1./s1. The van der Waals surface area contributed by atoms with Gasteiger partial charge in [-0.2, -0.15) is 0 Å². The van der Waals surface area contributed by atoms with E-state index in [0.29, 0.717) is 12.0 Å². The van der Waals surface area contributed by atoms with E-state index in [2.05, 4.69) is 23.6 Å². The minimum atomic E-state index is 0. The number of halogens is 1. The van der Waals surface area contributed by atoms with E-state index in [0.717, 1.165) is 37.0 Å². The lowest BCUT2D eigenvalue weighted by Gasteiger charge is -2.26. The van der Waals surface area contributed by atoms with Gasteiger partial charge in [-0.3, -0.25) is 4.79 Å². The number of amides is 1. The molecule has 2 saturated carbocycles. The number of carbonyl (C=O) groups excluding carboxylic acids is 1. The Hall–Kier alpha value is -0.620. The van der Waals surface area contributed by atoms with Crippen LogP contribution in [0.2, 0.25) is 0 Å². The van der Waals surface area contributed by atoms with Crippen LogP contribution in [0, 0.1) is 6.92 Å². The van der Waals surface area contributed by atoms with Crippen molar-refractivity contribution in [1.82, 2.24) is 10.6 Å². The molecule has 1 saturated heterocycles. The highest BCUT2D eigenvalue weighted by atomic mass is 35.5. The lowest BCUT2D eigenvalue weighted by atomic mass is 9.93. The number of aryl methyl sites for hydroxylation is 1. The predicted molar refractivity (Wildman–Crippen MR) is 99.5 cm³/mol. The van der Waals surface area contributed by atoms with Crippen LogP contribution in [0.5, 0.6) is 0 Å². The average Bonchev–Trinajstić information content (AvgIpc) is 3.17. The minimum absolute atomic E-state index is 0. The van der Waals surface area contributed by atoms with Crippen LogP contribution in [0.4, 0.5) is 0 Å². The van der Waals surface area contributed by atoms with E-state index >= 15 is 0 Å². The second-order valence-corrected chi connectivity index (χ2v) is 8.48. The average molecular weight is 371 g/mol. The number of hydrogen-bond acceptors (Lipinski definition) is 4. The van der Waals surface area contributed by atoms with Crippen LogP contribution in [0.3, 0.4) is 0 Å². The van der Waals surface area contributed by atoms with Crippen molar-refractivity contribution in [3.8, 4) is 0 Å². The number of hydrogen-bond donors (Lipinski definition) is 2. The molecule has 0 aromatic carbocycles. The number of carbonyl (C=O) groups is 1. The van der Waals surface area contributed by atoms with E-state index in [-0.39, 0.29) is 24.4 Å². The number of ether oxygens (including phenoxy) is 1. The molecular weight excluding hydrogens is 344 g/mol. The lowest BCUT2D eigenvalue weighted by molar-refractivity contribution is 0.0698. The number of thiophene rings is 1. The molecule has 2 atom stereocenters. The zero-order valence-corrected chi connectivity index (χ0v) is 15.8. The van der Waals surface area contributed by atoms with Crippen LogP contribution in [0.1, 0.15) is 64.6 Å². The third-order valence-corrected chi connectivity index (χ3v) is 6.55. The first kappa shape index (κ1) is 18.2. The summed E-state index contributed by atoms with van der Waals surface area (Å²) in [6.45, 7) is 3.68. The smallest absolute Gasteiger partial charge is 0.261 e. The lowest BCUT2D eigenvalue weighted by Crippen LogP contribution is -2.38. The zero-order chi connectivity index (χ0) is 15.8. The SMILES string of the molecule is Cc1sc(C(=O)NC2CCOCC2)cc1[C@H]1C[C@@H]1NC1CCC1.Cl. The maximum atomic E-state index is 12.5. The van der Waals surface area contributed by atoms with E-state index in [4.69, 9.17) is 4.74 Å². The summed E-state index contributed by atoms with van der Waals surface area (Å²) < 4.78 is 5.35. The summed E-state index contributed by atoms with van der Waals surface area (Å²) in [6, 6.07) is 3.80. The Morgan fingerprint density at radius 1 is 1.21 bits per heavy atom. The Labute approximate surface area is 154 Å². The highest BCUT2D eigenvalue weighted by molar-refractivity contribution is 7.14. The van der Waals surface area contributed by atoms with Crippen LogP contribution in [0.25, 0.3) is 0 Å². The van der Waals surface area contributed by atoms with Gasteiger partial charge in [0.15, 0.2) is 0 Å². The van der Waals surface area contributed by atoms with Gasteiger partial charge in [0.05, 0.1) is 4.88 Å². The van der Waals surface area contributed by atoms with E-state index < -0.39 is 0 Å². The minimum Gasteiger partial charge on any atom is -0.381 e. The second-order valence-electron chi connectivity index (χ2n) is 7.23. The third kappa shape index (κ3) is 3.96. The van der Waals surface area contributed by atoms with E-state index in [1.165, 1.54) is 36.1 Å². The van der Waals surface area contributed by atoms with Gasteiger partial charge in [-0.1, -0.05) is 6.42 Å². The van der Waals surface area contributed by atoms with Crippen LogP contribution in [-0.2, 0) is 4.74 Å². The summed E-state index contributed by atoms with van der Waals surface area (Å²) in [5, 5.41) is 6.93. The molecule has 1 amide bonds. The fourth-order valence-corrected chi connectivity index (χ4v) is 4.67. The molecule has 1 aromatic heterocycles. The molecule has 2 heterocycles. The molecule has 0 spiro atoms. The Morgan fingerprint density at radius 3 is 2.62 bits per heavy atom. The topological polar surface area (TPSA) is 50.4 Å². The Bertz CT molecular complexity index is 582. The van der Waals surface area contributed by atoms with Crippen molar-refractivity contribution in [3.63, 3.8) is 0 Å². The normalized spacial score (nSPS) is 27.2. The number of nitrogens with one attached hydrogen (secondary N) is 2. The maximum Gasteiger partial charge on any atom is 0.261 e. The van der Waals surface area contributed by atoms with Gasteiger partial charge in [-0.15, -0.1) is 23.7 Å². The molecule has 134 valence electrons. The molecule has 2 N–H and O–H groups in total. The summed E-state index contributed by atoms with van der Waals surface area (Å²) in [5.41, 5.74) is 1.39. The second kappa shape index (κ2) is 7.73. The van der Waals surface area contributed by atoms with Gasteiger partial charge < -0.3 is 15.4 Å². The largest absolute Gasteiger partial charge is 0.381 e. The van der Waals surface area contributed by atoms with Gasteiger partial charge in [0.2, 0.25) is 0 Å². The summed E-state index contributed by atoms with van der Waals surface area (Å²) in [5.74, 6) is 0.719. The summed E-state index contributed by atoms with van der Waals surface area (Å²) in [7, 11) is 0. The van der Waals surface area contributed by atoms with E-state index in [1.54, 1.807) is 11.3 Å². The molecule has 3 aliphatic rings.